The Balaban J connectivity index is 2.23. The summed E-state index contributed by atoms with van der Waals surface area (Å²) in [6, 6.07) is 7.89. The number of carboxylic acids is 1. The lowest BCUT2D eigenvalue weighted by Gasteiger charge is -2.30. The van der Waals surface area contributed by atoms with E-state index in [1.54, 1.807) is 38.1 Å². The molecule has 1 atom stereocenters. The third-order valence-electron chi connectivity index (χ3n) is 4.01. The summed E-state index contributed by atoms with van der Waals surface area (Å²) in [5.41, 5.74) is -0.528. The summed E-state index contributed by atoms with van der Waals surface area (Å²) >= 11 is 0. The molecule has 1 heterocycles. The molecule has 0 bridgehead atoms. The molecule has 0 aliphatic rings. The maximum absolute atomic E-state index is 12.6. The van der Waals surface area contributed by atoms with Crippen molar-refractivity contribution in [1.82, 2.24) is 9.78 Å². The lowest BCUT2D eigenvalue weighted by Crippen LogP contribution is -2.40. The van der Waals surface area contributed by atoms with E-state index in [1.165, 1.54) is 12.3 Å². The molecule has 9 heteroatoms. The molecule has 0 amide bonds. The number of carbonyl (C=O) groups is 1. The number of aliphatic hydroxyl groups excluding tert-OH is 1. The fourth-order valence-corrected chi connectivity index (χ4v) is 2.53. The number of aromatic nitrogens is 2. The van der Waals surface area contributed by atoms with Crippen LogP contribution in [0.1, 0.15) is 25.1 Å². The number of halogens is 3. The summed E-state index contributed by atoms with van der Waals surface area (Å²) in [5.74, 6) is -1.11. The number of aliphatic hydroxyl groups is 1. The van der Waals surface area contributed by atoms with Gasteiger partial charge >= 0.3 is 12.1 Å². The van der Waals surface area contributed by atoms with Crippen LogP contribution in [0.25, 0.3) is 0 Å². The van der Waals surface area contributed by atoms with E-state index in [-0.39, 0.29) is 18.1 Å². The number of ether oxygens (including phenoxy) is 1. The lowest BCUT2D eigenvalue weighted by atomic mass is 9.79. The predicted octanol–water partition coefficient (Wildman–Crippen LogP) is 2.75. The van der Waals surface area contributed by atoms with Crippen LogP contribution in [0.2, 0.25) is 0 Å². The molecule has 0 spiro atoms. The minimum Gasteiger partial charge on any atom is -0.487 e. The Labute approximate surface area is 147 Å². The van der Waals surface area contributed by atoms with Crippen LogP contribution in [-0.2, 0) is 23.4 Å². The molecule has 1 aromatic carbocycles. The van der Waals surface area contributed by atoms with Gasteiger partial charge in [-0.15, -0.1) is 0 Å². The highest BCUT2D eigenvalue weighted by Gasteiger charge is 2.37. The van der Waals surface area contributed by atoms with E-state index < -0.39 is 30.2 Å². The van der Waals surface area contributed by atoms with Crippen molar-refractivity contribution in [3.05, 3.63) is 47.8 Å². The number of alkyl halides is 3. The Morgan fingerprint density at radius 3 is 2.54 bits per heavy atom. The van der Waals surface area contributed by atoms with Crippen molar-refractivity contribution < 1.29 is 32.9 Å². The van der Waals surface area contributed by atoms with Gasteiger partial charge in [0.05, 0.1) is 5.69 Å². The third kappa shape index (κ3) is 4.54. The highest BCUT2D eigenvalue weighted by molar-refractivity contribution is 5.74. The molecule has 2 rings (SSSR count). The topological polar surface area (TPSA) is 84.6 Å². The van der Waals surface area contributed by atoms with Gasteiger partial charge < -0.3 is 14.9 Å². The maximum Gasteiger partial charge on any atom is 0.408 e. The Bertz CT molecular complexity index is 771. The van der Waals surface area contributed by atoms with Crippen molar-refractivity contribution in [2.45, 2.75) is 44.7 Å². The van der Waals surface area contributed by atoms with Gasteiger partial charge in [0.1, 0.15) is 18.9 Å². The van der Waals surface area contributed by atoms with Gasteiger partial charge in [0, 0.05) is 17.2 Å². The largest absolute Gasteiger partial charge is 0.487 e. The van der Waals surface area contributed by atoms with E-state index in [0.717, 1.165) is 4.68 Å². The quantitative estimate of drug-likeness (QED) is 0.781. The number of benzene rings is 1. The van der Waals surface area contributed by atoms with Crippen LogP contribution in [0.3, 0.4) is 0 Å². The van der Waals surface area contributed by atoms with Crippen molar-refractivity contribution in [3.63, 3.8) is 0 Å². The zero-order chi connectivity index (χ0) is 19.5. The van der Waals surface area contributed by atoms with Gasteiger partial charge in [-0.3, -0.25) is 4.68 Å². The maximum atomic E-state index is 12.6. The Kier molecular flexibility index (Phi) is 5.60. The first-order valence-corrected chi connectivity index (χ1v) is 7.73. The first-order valence-electron chi connectivity index (χ1n) is 7.73. The molecule has 1 unspecified atom stereocenters. The SMILES string of the molecule is CC(C)(c1ccccc1OCc1ccnn1CC(F)(F)F)C(O)C(=O)O. The molecule has 6 nitrogen and oxygen atoms in total. The van der Waals surface area contributed by atoms with E-state index in [9.17, 15) is 23.1 Å². The summed E-state index contributed by atoms with van der Waals surface area (Å²) in [5, 5.41) is 22.7. The second-order valence-electron chi connectivity index (χ2n) is 6.34. The average molecular weight is 372 g/mol. The van der Waals surface area contributed by atoms with Gasteiger partial charge in [-0.1, -0.05) is 32.0 Å². The summed E-state index contributed by atoms with van der Waals surface area (Å²) in [4.78, 5) is 11.1. The molecule has 0 saturated carbocycles. The van der Waals surface area contributed by atoms with E-state index >= 15 is 0 Å². The first-order chi connectivity index (χ1) is 12.0. The predicted molar refractivity (Wildman–Crippen MR) is 85.7 cm³/mol. The van der Waals surface area contributed by atoms with Crippen LogP contribution in [0.15, 0.2) is 36.5 Å². The fraction of sp³-hybridized carbons (Fsp3) is 0.412. The van der Waals surface area contributed by atoms with Crippen LogP contribution in [-0.4, -0.2) is 38.2 Å². The highest BCUT2D eigenvalue weighted by atomic mass is 19.4. The summed E-state index contributed by atoms with van der Waals surface area (Å²) in [7, 11) is 0. The van der Waals surface area contributed by atoms with Gasteiger partial charge in [-0.25, -0.2) is 4.79 Å². The fourth-order valence-electron chi connectivity index (χ4n) is 2.53. The summed E-state index contributed by atoms with van der Waals surface area (Å²) in [6.07, 6.45) is -4.84. The number of hydrogen-bond donors (Lipinski definition) is 2. The zero-order valence-corrected chi connectivity index (χ0v) is 14.2. The standard InChI is InChI=1S/C17H19F3N2O4/c1-16(2,14(23)15(24)25)12-5-3-4-6-13(12)26-9-11-7-8-21-22(11)10-17(18,19)20/h3-8,14,23H,9-10H2,1-2H3,(H,24,25). The summed E-state index contributed by atoms with van der Waals surface area (Å²) < 4.78 is 44.1. The number of para-hydroxylation sites is 1. The van der Waals surface area contributed by atoms with Gasteiger partial charge in [-0.2, -0.15) is 18.3 Å². The monoisotopic (exact) mass is 372 g/mol. The molecule has 0 fully saturated rings. The van der Waals surface area contributed by atoms with Crippen molar-refractivity contribution in [1.29, 1.82) is 0 Å². The van der Waals surface area contributed by atoms with Crippen LogP contribution >= 0.6 is 0 Å². The van der Waals surface area contributed by atoms with Crippen molar-refractivity contribution in [2.24, 2.45) is 0 Å². The zero-order valence-electron chi connectivity index (χ0n) is 14.2. The van der Waals surface area contributed by atoms with Gasteiger partial charge in [0.2, 0.25) is 0 Å². The number of hydrogen-bond acceptors (Lipinski definition) is 4. The molecule has 2 aromatic rings. The van der Waals surface area contributed by atoms with Crippen LogP contribution < -0.4 is 4.74 Å². The molecule has 0 aliphatic heterocycles. The molecular weight excluding hydrogens is 353 g/mol. The van der Waals surface area contributed by atoms with E-state index in [2.05, 4.69) is 5.10 Å². The van der Waals surface area contributed by atoms with Crippen molar-refractivity contribution >= 4 is 5.97 Å². The van der Waals surface area contributed by atoms with E-state index in [1.807, 2.05) is 0 Å². The highest BCUT2D eigenvalue weighted by Crippen LogP contribution is 2.35. The molecule has 0 saturated heterocycles. The summed E-state index contributed by atoms with van der Waals surface area (Å²) in [6.45, 7) is 1.67. The van der Waals surface area contributed by atoms with Crippen molar-refractivity contribution in [2.75, 3.05) is 0 Å². The minimum atomic E-state index is -4.41. The Morgan fingerprint density at radius 2 is 1.92 bits per heavy atom. The molecule has 2 N–H and O–H groups in total. The molecule has 1 aromatic heterocycles. The molecular formula is C17H19F3N2O4. The number of carboxylic acid groups (broad SMARTS) is 1. The molecule has 142 valence electrons. The van der Waals surface area contributed by atoms with Crippen LogP contribution in [0.4, 0.5) is 13.2 Å². The van der Waals surface area contributed by atoms with E-state index in [0.29, 0.717) is 5.56 Å². The first kappa shape index (κ1) is 19.8. The Hall–Kier alpha value is -2.55. The molecule has 0 radical (unpaired) electrons. The number of nitrogens with zero attached hydrogens (tertiary/aromatic N) is 2. The van der Waals surface area contributed by atoms with Gasteiger partial charge in [-0.05, 0) is 12.1 Å². The second kappa shape index (κ2) is 7.36. The van der Waals surface area contributed by atoms with Crippen LogP contribution in [0.5, 0.6) is 5.75 Å². The molecule has 0 aliphatic carbocycles. The normalized spacial score (nSPS) is 13.5. The minimum absolute atomic E-state index is 0.188. The number of aliphatic carboxylic acids is 1. The second-order valence-corrected chi connectivity index (χ2v) is 6.34. The number of rotatable bonds is 7. The smallest absolute Gasteiger partial charge is 0.408 e. The van der Waals surface area contributed by atoms with E-state index in [4.69, 9.17) is 9.84 Å². The van der Waals surface area contributed by atoms with Gasteiger partial charge in [0.15, 0.2) is 6.10 Å². The molecule has 26 heavy (non-hydrogen) atoms. The van der Waals surface area contributed by atoms with Crippen LogP contribution in [0, 0.1) is 0 Å². The van der Waals surface area contributed by atoms with Crippen molar-refractivity contribution in [3.8, 4) is 5.75 Å². The average Bonchev–Trinajstić information content (AvgIpc) is 2.97. The van der Waals surface area contributed by atoms with Gasteiger partial charge in [0.25, 0.3) is 0 Å². The Morgan fingerprint density at radius 1 is 1.27 bits per heavy atom. The third-order valence-corrected chi connectivity index (χ3v) is 4.01. The lowest BCUT2D eigenvalue weighted by molar-refractivity contribution is -0.150.